The monoisotopic (exact) mass is 389 g/mol. The Balaban J connectivity index is 1.83. The molecule has 136 valence electrons. The van der Waals surface area contributed by atoms with Gasteiger partial charge in [-0.25, -0.2) is 0 Å². The fourth-order valence-corrected chi connectivity index (χ4v) is 3.64. The summed E-state index contributed by atoms with van der Waals surface area (Å²) < 4.78 is 2.10. The lowest BCUT2D eigenvalue weighted by Crippen LogP contribution is -2.85. The van der Waals surface area contributed by atoms with Crippen molar-refractivity contribution in [2.75, 3.05) is 25.4 Å². The lowest BCUT2D eigenvalue weighted by Gasteiger charge is -2.10. The topological polar surface area (TPSA) is 67.6 Å². The lowest BCUT2D eigenvalue weighted by molar-refractivity contribution is -0.651. The van der Waals surface area contributed by atoms with Gasteiger partial charge in [0.1, 0.15) is 5.82 Å². The van der Waals surface area contributed by atoms with Gasteiger partial charge in [-0.2, -0.15) is 0 Å². The molecule has 0 amide bonds. The minimum absolute atomic E-state index is 0.201. The van der Waals surface area contributed by atoms with E-state index >= 15 is 0 Å². The Morgan fingerprint density at radius 3 is 2.50 bits per heavy atom. The van der Waals surface area contributed by atoms with Crippen LogP contribution in [-0.2, 0) is 6.42 Å². The third-order valence-corrected chi connectivity index (χ3v) is 5.09. The van der Waals surface area contributed by atoms with E-state index in [0.29, 0.717) is 11.4 Å². The zero-order chi connectivity index (χ0) is 18.2. The van der Waals surface area contributed by atoms with Crippen molar-refractivity contribution >= 4 is 23.4 Å². The molecule has 26 heavy (non-hydrogen) atoms. The summed E-state index contributed by atoms with van der Waals surface area (Å²) in [6, 6.07) is 18.0. The number of halogens is 1. The zero-order valence-electron chi connectivity index (χ0n) is 14.4. The van der Waals surface area contributed by atoms with Crippen LogP contribution in [0.15, 0.2) is 59.8 Å². The largest absolute Gasteiger partial charge is 0.391 e. The molecule has 3 aromatic rings. The molecule has 0 unspecified atom stereocenters. The highest BCUT2D eigenvalue weighted by molar-refractivity contribution is 7.99. The van der Waals surface area contributed by atoms with E-state index in [9.17, 15) is 0 Å². The molecule has 0 aliphatic carbocycles. The number of aliphatic hydroxyl groups excluding tert-OH is 1. The summed E-state index contributed by atoms with van der Waals surface area (Å²) >= 11 is 7.72. The third-order valence-electron chi connectivity index (χ3n) is 3.88. The number of quaternary nitrogens is 1. The van der Waals surface area contributed by atoms with Crippen LogP contribution in [0.25, 0.3) is 5.69 Å². The highest BCUT2D eigenvalue weighted by Crippen LogP contribution is 2.24. The van der Waals surface area contributed by atoms with Crippen molar-refractivity contribution in [2.45, 2.75) is 11.6 Å². The van der Waals surface area contributed by atoms with E-state index in [-0.39, 0.29) is 6.61 Å². The molecular formula is C19H22ClN4OS+. The van der Waals surface area contributed by atoms with Crippen molar-refractivity contribution in [1.82, 2.24) is 14.8 Å². The molecule has 0 fully saturated rings. The molecule has 3 N–H and O–H groups in total. The van der Waals surface area contributed by atoms with Crippen LogP contribution >= 0.6 is 23.4 Å². The first-order valence-electron chi connectivity index (χ1n) is 8.57. The second-order valence-corrected chi connectivity index (χ2v) is 7.31. The molecule has 2 aromatic carbocycles. The Labute approximate surface area is 162 Å². The van der Waals surface area contributed by atoms with Crippen LogP contribution in [0.1, 0.15) is 11.4 Å². The second-order valence-electron chi connectivity index (χ2n) is 5.81. The van der Waals surface area contributed by atoms with Crippen LogP contribution in [0, 0.1) is 0 Å². The summed E-state index contributed by atoms with van der Waals surface area (Å²) in [7, 11) is 0. The summed E-state index contributed by atoms with van der Waals surface area (Å²) in [5, 5.41) is 21.4. The molecule has 1 aromatic heterocycles. The fraction of sp³-hybridized carbons (Fsp3) is 0.263. The van der Waals surface area contributed by atoms with E-state index in [2.05, 4.69) is 32.2 Å². The van der Waals surface area contributed by atoms with E-state index in [1.54, 1.807) is 11.8 Å². The van der Waals surface area contributed by atoms with Crippen molar-refractivity contribution in [3.63, 3.8) is 0 Å². The highest BCUT2D eigenvalue weighted by Gasteiger charge is 2.15. The number of aromatic nitrogens is 3. The molecule has 7 heteroatoms. The Morgan fingerprint density at radius 2 is 1.77 bits per heavy atom. The van der Waals surface area contributed by atoms with Crippen LogP contribution in [0.3, 0.4) is 0 Å². The van der Waals surface area contributed by atoms with E-state index in [0.717, 1.165) is 35.5 Å². The molecule has 0 saturated carbocycles. The second kappa shape index (κ2) is 9.73. The lowest BCUT2D eigenvalue weighted by atomic mass is 10.1. The number of hydrogen-bond acceptors (Lipinski definition) is 4. The summed E-state index contributed by atoms with van der Waals surface area (Å²) in [6.07, 6.45) is 0.716. The van der Waals surface area contributed by atoms with Crippen molar-refractivity contribution < 1.29 is 10.4 Å². The number of benzene rings is 2. The number of nitrogens with zero attached hydrogens (tertiary/aromatic N) is 3. The first kappa shape index (κ1) is 18.9. The summed E-state index contributed by atoms with van der Waals surface area (Å²) in [5.41, 5.74) is 2.20. The number of nitrogens with two attached hydrogens (primary N) is 1. The van der Waals surface area contributed by atoms with Gasteiger partial charge in [0.25, 0.3) is 0 Å². The van der Waals surface area contributed by atoms with Crippen molar-refractivity contribution in [3.05, 3.63) is 71.0 Å². The van der Waals surface area contributed by atoms with Gasteiger partial charge in [-0.15, -0.1) is 10.2 Å². The van der Waals surface area contributed by atoms with Gasteiger partial charge in [-0.1, -0.05) is 53.7 Å². The molecule has 3 rings (SSSR count). The van der Waals surface area contributed by atoms with Gasteiger partial charge in [0.05, 0.1) is 25.4 Å². The molecule has 0 atom stereocenters. The third kappa shape index (κ3) is 5.08. The van der Waals surface area contributed by atoms with Crippen LogP contribution in [0.4, 0.5) is 0 Å². The van der Waals surface area contributed by atoms with Crippen LogP contribution in [0.5, 0.6) is 0 Å². The van der Waals surface area contributed by atoms with Crippen LogP contribution in [0.2, 0.25) is 5.02 Å². The van der Waals surface area contributed by atoms with Crippen molar-refractivity contribution in [2.24, 2.45) is 0 Å². The number of thioether (sulfide) groups is 1. The molecule has 0 spiro atoms. The molecule has 0 radical (unpaired) electrons. The van der Waals surface area contributed by atoms with Gasteiger partial charge in [0, 0.05) is 17.1 Å². The maximum atomic E-state index is 8.87. The minimum Gasteiger partial charge on any atom is -0.391 e. The van der Waals surface area contributed by atoms with Gasteiger partial charge in [-0.05, 0) is 29.8 Å². The molecule has 5 nitrogen and oxygen atoms in total. The van der Waals surface area contributed by atoms with E-state index < -0.39 is 0 Å². The molecule has 0 bridgehead atoms. The van der Waals surface area contributed by atoms with Gasteiger partial charge in [0.2, 0.25) is 0 Å². The Morgan fingerprint density at radius 1 is 1.00 bits per heavy atom. The van der Waals surface area contributed by atoms with Crippen molar-refractivity contribution in [1.29, 1.82) is 0 Å². The Bertz CT molecular complexity index is 808. The molecule has 1 heterocycles. The summed E-state index contributed by atoms with van der Waals surface area (Å²) in [4.78, 5) is 0. The summed E-state index contributed by atoms with van der Waals surface area (Å²) in [5.74, 6) is 1.80. The van der Waals surface area contributed by atoms with Gasteiger partial charge in [-0.3, -0.25) is 4.57 Å². The zero-order valence-corrected chi connectivity index (χ0v) is 16.0. The maximum absolute atomic E-state index is 8.87. The van der Waals surface area contributed by atoms with E-state index in [1.165, 1.54) is 5.56 Å². The fourth-order valence-electron chi connectivity index (χ4n) is 2.61. The predicted octanol–water partition coefficient (Wildman–Crippen LogP) is 2.16. The normalized spacial score (nSPS) is 11.0. The molecular weight excluding hydrogens is 368 g/mol. The van der Waals surface area contributed by atoms with Gasteiger partial charge < -0.3 is 10.4 Å². The predicted molar refractivity (Wildman–Crippen MR) is 105 cm³/mol. The minimum atomic E-state index is 0.201. The smallest absolute Gasteiger partial charge is 0.196 e. The summed E-state index contributed by atoms with van der Waals surface area (Å²) in [6.45, 7) is 1.85. The number of rotatable bonds is 9. The van der Waals surface area contributed by atoms with Gasteiger partial charge in [0.15, 0.2) is 5.16 Å². The van der Waals surface area contributed by atoms with Gasteiger partial charge >= 0.3 is 0 Å². The first-order chi connectivity index (χ1) is 12.8. The highest BCUT2D eigenvalue weighted by atomic mass is 35.5. The SMILES string of the molecule is OCC[NH2+]CCSc1nnc(Cc2ccccc2)n1-c1ccc(Cl)cc1. The Kier molecular flexibility index (Phi) is 7.08. The quantitative estimate of drug-likeness (QED) is 0.434. The Hall–Kier alpha value is -1.86. The molecule has 0 saturated heterocycles. The maximum Gasteiger partial charge on any atom is 0.196 e. The van der Waals surface area contributed by atoms with E-state index in [1.807, 2.05) is 42.5 Å². The average molecular weight is 390 g/mol. The molecule has 0 aliphatic rings. The number of hydrogen-bond donors (Lipinski definition) is 2. The van der Waals surface area contributed by atoms with Crippen LogP contribution in [-0.4, -0.2) is 45.3 Å². The molecule has 0 aliphatic heterocycles. The van der Waals surface area contributed by atoms with Crippen LogP contribution < -0.4 is 5.32 Å². The average Bonchev–Trinajstić information content (AvgIpc) is 3.05. The van der Waals surface area contributed by atoms with E-state index in [4.69, 9.17) is 16.7 Å². The first-order valence-corrected chi connectivity index (χ1v) is 9.94. The number of aliphatic hydroxyl groups is 1. The van der Waals surface area contributed by atoms with Crippen molar-refractivity contribution in [3.8, 4) is 5.69 Å². The standard InChI is InChI=1S/C19H21ClN4OS/c20-16-6-8-17(9-7-16)24-18(14-15-4-2-1-3-5-15)22-23-19(24)26-13-11-21-10-12-25/h1-9,21,25H,10-14H2/p+1.